The van der Waals surface area contributed by atoms with Crippen molar-refractivity contribution >= 4 is 5.97 Å². The van der Waals surface area contributed by atoms with Crippen LogP contribution >= 0.6 is 0 Å². The molecule has 1 saturated carbocycles. The smallest absolute Gasteiger partial charge is 0.326 e. The van der Waals surface area contributed by atoms with Gasteiger partial charge in [0, 0.05) is 13.7 Å². The van der Waals surface area contributed by atoms with Crippen LogP contribution in [0.2, 0.25) is 0 Å². The number of hydrogen-bond donors (Lipinski definition) is 1. The molecule has 1 aliphatic carbocycles. The van der Waals surface area contributed by atoms with Gasteiger partial charge in [-0.3, -0.25) is 10.1 Å². The molecule has 1 fully saturated rings. The first kappa shape index (κ1) is 17.4. The molecule has 0 heterocycles. The SMILES string of the molecule is CCCC1CCCC(NCCOC)(C(=O)OCC)CC1. The van der Waals surface area contributed by atoms with Crippen LogP contribution in [0.1, 0.15) is 58.8 Å². The van der Waals surface area contributed by atoms with Gasteiger partial charge in [-0.05, 0) is 32.1 Å². The Balaban J connectivity index is 2.68. The fraction of sp³-hybridized carbons (Fsp3) is 0.938. The predicted octanol–water partition coefficient (Wildman–Crippen LogP) is 2.90. The third-order valence-electron chi connectivity index (χ3n) is 4.33. The van der Waals surface area contributed by atoms with Crippen LogP contribution in [0.5, 0.6) is 0 Å². The second-order valence-corrected chi connectivity index (χ2v) is 5.81. The number of methoxy groups -OCH3 is 1. The van der Waals surface area contributed by atoms with Gasteiger partial charge in [0.15, 0.2) is 0 Å². The molecule has 0 aromatic heterocycles. The van der Waals surface area contributed by atoms with Gasteiger partial charge in [-0.1, -0.05) is 32.6 Å². The summed E-state index contributed by atoms with van der Waals surface area (Å²) in [5.74, 6) is 0.689. The van der Waals surface area contributed by atoms with E-state index in [9.17, 15) is 4.79 Å². The Morgan fingerprint density at radius 2 is 2.10 bits per heavy atom. The minimum absolute atomic E-state index is 0.0757. The minimum atomic E-state index is -0.489. The average molecular weight is 285 g/mol. The summed E-state index contributed by atoms with van der Waals surface area (Å²) in [5, 5.41) is 3.42. The summed E-state index contributed by atoms with van der Waals surface area (Å²) in [5.41, 5.74) is -0.489. The quantitative estimate of drug-likeness (QED) is 0.423. The maximum Gasteiger partial charge on any atom is 0.326 e. The van der Waals surface area contributed by atoms with Gasteiger partial charge in [-0.25, -0.2) is 0 Å². The molecule has 0 amide bonds. The lowest BCUT2D eigenvalue weighted by Crippen LogP contribution is -2.53. The standard InChI is InChI=1S/C16H31NO3/c1-4-7-14-8-6-10-16(11-9-14,15(18)20-5-2)17-12-13-19-3/h14,17H,4-13H2,1-3H3. The lowest BCUT2D eigenvalue weighted by Gasteiger charge is -2.31. The van der Waals surface area contributed by atoms with Gasteiger partial charge in [-0.15, -0.1) is 0 Å². The summed E-state index contributed by atoms with van der Waals surface area (Å²) in [4.78, 5) is 12.4. The van der Waals surface area contributed by atoms with Gasteiger partial charge in [0.25, 0.3) is 0 Å². The maximum absolute atomic E-state index is 12.4. The van der Waals surface area contributed by atoms with Gasteiger partial charge < -0.3 is 9.47 Å². The molecule has 0 saturated heterocycles. The predicted molar refractivity (Wildman–Crippen MR) is 80.7 cm³/mol. The number of hydrogen-bond acceptors (Lipinski definition) is 4. The summed E-state index contributed by atoms with van der Waals surface area (Å²) in [6, 6.07) is 0. The van der Waals surface area contributed by atoms with Crippen molar-refractivity contribution in [1.82, 2.24) is 5.32 Å². The van der Waals surface area contributed by atoms with E-state index in [1.54, 1.807) is 7.11 Å². The first-order valence-electron chi connectivity index (χ1n) is 8.09. The molecule has 0 aliphatic heterocycles. The summed E-state index contributed by atoms with van der Waals surface area (Å²) in [7, 11) is 1.68. The molecular formula is C16H31NO3. The third kappa shape index (κ3) is 5.06. The van der Waals surface area contributed by atoms with E-state index in [2.05, 4.69) is 12.2 Å². The van der Waals surface area contributed by atoms with Gasteiger partial charge >= 0.3 is 5.97 Å². The van der Waals surface area contributed by atoms with Gasteiger partial charge in [0.1, 0.15) is 5.54 Å². The summed E-state index contributed by atoms with van der Waals surface area (Å²) in [6.07, 6.45) is 7.73. The number of esters is 1. The maximum atomic E-state index is 12.4. The van der Waals surface area contributed by atoms with E-state index >= 15 is 0 Å². The fourth-order valence-corrected chi connectivity index (χ4v) is 3.22. The van der Waals surface area contributed by atoms with Crippen LogP contribution in [0.25, 0.3) is 0 Å². The van der Waals surface area contributed by atoms with Gasteiger partial charge in [0.2, 0.25) is 0 Å². The molecule has 0 bridgehead atoms. The average Bonchev–Trinajstić information content (AvgIpc) is 2.64. The second-order valence-electron chi connectivity index (χ2n) is 5.81. The molecular weight excluding hydrogens is 254 g/mol. The highest BCUT2D eigenvalue weighted by molar-refractivity contribution is 5.80. The topological polar surface area (TPSA) is 47.6 Å². The number of carbonyl (C=O) groups excluding carboxylic acids is 1. The highest BCUT2D eigenvalue weighted by Crippen LogP contribution is 2.33. The monoisotopic (exact) mass is 285 g/mol. The zero-order valence-electron chi connectivity index (χ0n) is 13.4. The number of nitrogens with one attached hydrogen (secondary N) is 1. The van der Waals surface area contributed by atoms with Crippen LogP contribution < -0.4 is 5.32 Å². The molecule has 118 valence electrons. The molecule has 4 heteroatoms. The summed E-state index contributed by atoms with van der Waals surface area (Å²) >= 11 is 0. The lowest BCUT2D eigenvalue weighted by molar-refractivity contribution is -0.152. The highest BCUT2D eigenvalue weighted by atomic mass is 16.5. The largest absolute Gasteiger partial charge is 0.465 e. The Hall–Kier alpha value is -0.610. The van der Waals surface area contributed by atoms with Crippen molar-refractivity contribution in [3.63, 3.8) is 0 Å². The Labute approximate surface area is 123 Å². The van der Waals surface area contributed by atoms with Crippen molar-refractivity contribution in [3.8, 4) is 0 Å². The van der Waals surface area contributed by atoms with E-state index in [1.165, 1.54) is 19.3 Å². The molecule has 2 atom stereocenters. The molecule has 0 radical (unpaired) electrons. The van der Waals surface area contributed by atoms with Crippen molar-refractivity contribution in [2.75, 3.05) is 26.9 Å². The zero-order chi connectivity index (χ0) is 14.8. The van der Waals surface area contributed by atoms with Crippen molar-refractivity contribution in [2.45, 2.75) is 64.3 Å². The Morgan fingerprint density at radius 3 is 2.75 bits per heavy atom. The van der Waals surface area contributed by atoms with E-state index < -0.39 is 5.54 Å². The fourth-order valence-electron chi connectivity index (χ4n) is 3.22. The van der Waals surface area contributed by atoms with Crippen molar-refractivity contribution in [3.05, 3.63) is 0 Å². The molecule has 0 aromatic rings. The van der Waals surface area contributed by atoms with E-state index in [1.807, 2.05) is 6.92 Å². The molecule has 2 unspecified atom stereocenters. The minimum Gasteiger partial charge on any atom is -0.465 e. The first-order valence-corrected chi connectivity index (χ1v) is 8.09. The van der Waals surface area contributed by atoms with Crippen LogP contribution in [0, 0.1) is 5.92 Å². The van der Waals surface area contributed by atoms with E-state index in [4.69, 9.17) is 9.47 Å². The lowest BCUT2D eigenvalue weighted by atomic mass is 9.89. The van der Waals surface area contributed by atoms with Crippen LogP contribution in [-0.2, 0) is 14.3 Å². The van der Waals surface area contributed by atoms with Crippen molar-refractivity contribution in [2.24, 2.45) is 5.92 Å². The molecule has 1 rings (SSSR count). The van der Waals surface area contributed by atoms with Crippen LogP contribution in [-0.4, -0.2) is 38.4 Å². The number of carbonyl (C=O) groups is 1. The first-order chi connectivity index (χ1) is 9.68. The Bertz CT molecular complexity index is 283. The number of ether oxygens (including phenoxy) is 2. The number of rotatable bonds is 8. The van der Waals surface area contributed by atoms with E-state index in [0.717, 1.165) is 31.6 Å². The second kappa shape index (κ2) is 9.35. The van der Waals surface area contributed by atoms with E-state index in [0.29, 0.717) is 19.8 Å². The molecule has 4 nitrogen and oxygen atoms in total. The van der Waals surface area contributed by atoms with E-state index in [-0.39, 0.29) is 5.97 Å². The van der Waals surface area contributed by atoms with Gasteiger partial charge in [-0.2, -0.15) is 0 Å². The van der Waals surface area contributed by atoms with Gasteiger partial charge in [0.05, 0.1) is 13.2 Å². The van der Waals surface area contributed by atoms with Crippen LogP contribution in [0.4, 0.5) is 0 Å². The summed E-state index contributed by atoms with van der Waals surface area (Å²) in [6.45, 7) is 5.88. The van der Waals surface area contributed by atoms with Crippen LogP contribution in [0.15, 0.2) is 0 Å². The van der Waals surface area contributed by atoms with Crippen molar-refractivity contribution < 1.29 is 14.3 Å². The third-order valence-corrected chi connectivity index (χ3v) is 4.33. The molecule has 20 heavy (non-hydrogen) atoms. The Kier molecular flexibility index (Phi) is 8.15. The molecule has 0 aromatic carbocycles. The Morgan fingerprint density at radius 1 is 1.30 bits per heavy atom. The normalized spacial score (nSPS) is 27.1. The highest BCUT2D eigenvalue weighted by Gasteiger charge is 2.40. The summed E-state index contributed by atoms with van der Waals surface area (Å²) < 4.78 is 10.4. The van der Waals surface area contributed by atoms with Crippen molar-refractivity contribution in [1.29, 1.82) is 0 Å². The zero-order valence-corrected chi connectivity index (χ0v) is 13.4. The van der Waals surface area contributed by atoms with Crippen LogP contribution in [0.3, 0.4) is 0 Å². The molecule has 1 aliphatic rings. The molecule has 0 spiro atoms. The molecule has 1 N–H and O–H groups in total.